The number of halogens is 2. The summed E-state index contributed by atoms with van der Waals surface area (Å²) in [4.78, 5) is 0. The zero-order chi connectivity index (χ0) is 15.5. The molecule has 1 unspecified atom stereocenters. The zero-order valence-electron chi connectivity index (χ0n) is 13.1. The van der Waals surface area contributed by atoms with Gasteiger partial charge in [0.1, 0.15) is 0 Å². The van der Waals surface area contributed by atoms with E-state index in [0.717, 1.165) is 31.7 Å². The largest absolute Gasteiger partial charge is 0.376 e. The second-order valence-electron chi connectivity index (χ2n) is 6.09. The third kappa shape index (κ3) is 3.27. The van der Waals surface area contributed by atoms with Gasteiger partial charge < -0.3 is 10.1 Å². The second-order valence-corrected chi connectivity index (χ2v) is 6.09. The normalized spacial score (nSPS) is 27.6. The molecule has 0 aliphatic heterocycles. The fourth-order valence-electron chi connectivity index (χ4n) is 3.39. The maximum absolute atomic E-state index is 14.2. The van der Waals surface area contributed by atoms with Gasteiger partial charge in [-0.3, -0.25) is 0 Å². The highest BCUT2D eigenvalue weighted by atomic mass is 19.2. The zero-order valence-corrected chi connectivity index (χ0v) is 13.1. The molecule has 0 bridgehead atoms. The fraction of sp³-hybridized carbons (Fsp3) is 0.647. The number of benzene rings is 1. The molecule has 2 rings (SSSR count). The van der Waals surface area contributed by atoms with Crippen LogP contribution in [0.3, 0.4) is 0 Å². The topological polar surface area (TPSA) is 21.3 Å². The van der Waals surface area contributed by atoms with Crippen molar-refractivity contribution in [3.8, 4) is 0 Å². The van der Waals surface area contributed by atoms with Crippen LogP contribution >= 0.6 is 0 Å². The van der Waals surface area contributed by atoms with Crippen LogP contribution in [0.1, 0.15) is 51.1 Å². The lowest BCUT2D eigenvalue weighted by Crippen LogP contribution is -2.48. The first kappa shape index (κ1) is 16.4. The summed E-state index contributed by atoms with van der Waals surface area (Å²) in [6.45, 7) is 4.88. The predicted octanol–water partition coefficient (Wildman–Crippen LogP) is 4.21. The summed E-state index contributed by atoms with van der Waals surface area (Å²) in [5, 5.41) is 3.31. The number of rotatable bonds is 5. The van der Waals surface area contributed by atoms with Crippen molar-refractivity contribution >= 4 is 0 Å². The van der Waals surface area contributed by atoms with Gasteiger partial charge in [-0.1, -0.05) is 26.0 Å². The molecular formula is C17H25F2NO. The minimum absolute atomic E-state index is 0.323. The van der Waals surface area contributed by atoms with E-state index in [1.165, 1.54) is 0 Å². The monoisotopic (exact) mass is 297 g/mol. The standard InChI is InChI=1S/C17H25F2NO/c1-4-20-16(13-6-5-7-14(18)15(13)19)17(21-3)10-8-12(2)9-11-17/h5-7,12,16,20H,4,8-11H2,1-3H3. The van der Waals surface area contributed by atoms with E-state index in [1.807, 2.05) is 6.92 Å². The summed E-state index contributed by atoms with van der Waals surface area (Å²) < 4.78 is 33.7. The van der Waals surface area contributed by atoms with Crippen molar-refractivity contribution in [2.75, 3.05) is 13.7 Å². The van der Waals surface area contributed by atoms with Crippen LogP contribution in [0.2, 0.25) is 0 Å². The summed E-state index contributed by atoms with van der Waals surface area (Å²) in [5.41, 5.74) is -0.0924. The summed E-state index contributed by atoms with van der Waals surface area (Å²) in [5.74, 6) is -0.905. The molecule has 1 aromatic carbocycles. The molecule has 0 heterocycles. The molecule has 0 aromatic heterocycles. The molecule has 1 aliphatic rings. The lowest BCUT2D eigenvalue weighted by atomic mass is 9.73. The summed E-state index contributed by atoms with van der Waals surface area (Å²) in [6, 6.07) is 4.05. The average Bonchev–Trinajstić information content (AvgIpc) is 2.50. The molecule has 0 radical (unpaired) electrons. The van der Waals surface area contributed by atoms with Gasteiger partial charge in [-0.05, 0) is 44.2 Å². The lowest BCUT2D eigenvalue weighted by molar-refractivity contribution is -0.0765. The van der Waals surface area contributed by atoms with Gasteiger partial charge in [0.2, 0.25) is 0 Å². The van der Waals surface area contributed by atoms with Crippen LogP contribution in [0.4, 0.5) is 8.78 Å². The third-order valence-corrected chi connectivity index (χ3v) is 4.75. The maximum atomic E-state index is 14.2. The Bertz CT molecular complexity index is 470. The minimum atomic E-state index is -0.800. The summed E-state index contributed by atoms with van der Waals surface area (Å²) >= 11 is 0. The van der Waals surface area contributed by atoms with Crippen LogP contribution < -0.4 is 5.32 Å². The van der Waals surface area contributed by atoms with Gasteiger partial charge >= 0.3 is 0 Å². The first-order valence-electron chi connectivity index (χ1n) is 7.76. The van der Waals surface area contributed by atoms with Gasteiger partial charge in [-0.15, -0.1) is 0 Å². The second kappa shape index (κ2) is 6.84. The van der Waals surface area contributed by atoms with Gasteiger partial charge in [0, 0.05) is 12.7 Å². The van der Waals surface area contributed by atoms with Crippen LogP contribution in [0.15, 0.2) is 18.2 Å². The van der Waals surface area contributed by atoms with E-state index in [9.17, 15) is 8.78 Å². The molecule has 118 valence electrons. The lowest BCUT2D eigenvalue weighted by Gasteiger charge is -2.44. The van der Waals surface area contributed by atoms with E-state index in [2.05, 4.69) is 12.2 Å². The van der Waals surface area contributed by atoms with E-state index < -0.39 is 17.2 Å². The van der Waals surface area contributed by atoms with Gasteiger partial charge in [0.15, 0.2) is 11.6 Å². The van der Waals surface area contributed by atoms with E-state index in [0.29, 0.717) is 18.0 Å². The number of methoxy groups -OCH3 is 1. The molecule has 1 fully saturated rings. The minimum Gasteiger partial charge on any atom is -0.376 e. The van der Waals surface area contributed by atoms with Crippen molar-refractivity contribution in [1.82, 2.24) is 5.32 Å². The van der Waals surface area contributed by atoms with E-state index >= 15 is 0 Å². The maximum Gasteiger partial charge on any atom is 0.163 e. The quantitative estimate of drug-likeness (QED) is 0.879. The molecule has 1 N–H and O–H groups in total. The Balaban J connectivity index is 2.39. The number of ether oxygens (including phenoxy) is 1. The molecule has 1 saturated carbocycles. The Morgan fingerprint density at radius 3 is 2.57 bits per heavy atom. The first-order valence-corrected chi connectivity index (χ1v) is 7.76. The van der Waals surface area contributed by atoms with Gasteiger partial charge in [0.25, 0.3) is 0 Å². The molecule has 1 aromatic rings. The van der Waals surface area contributed by atoms with Crippen molar-refractivity contribution < 1.29 is 13.5 Å². The van der Waals surface area contributed by atoms with Crippen molar-refractivity contribution in [3.05, 3.63) is 35.4 Å². The van der Waals surface area contributed by atoms with Crippen LogP contribution in [-0.4, -0.2) is 19.3 Å². The Morgan fingerprint density at radius 2 is 2.00 bits per heavy atom. The summed E-state index contributed by atoms with van der Waals surface area (Å²) in [6.07, 6.45) is 3.82. The van der Waals surface area contributed by atoms with E-state index in [4.69, 9.17) is 4.74 Å². The van der Waals surface area contributed by atoms with Gasteiger partial charge in [-0.25, -0.2) is 8.78 Å². The van der Waals surface area contributed by atoms with Crippen molar-refractivity contribution in [2.24, 2.45) is 5.92 Å². The summed E-state index contributed by atoms with van der Waals surface area (Å²) in [7, 11) is 1.68. The molecule has 0 amide bonds. The molecular weight excluding hydrogens is 272 g/mol. The first-order chi connectivity index (χ1) is 10.0. The number of nitrogens with one attached hydrogen (secondary N) is 1. The molecule has 1 aliphatic carbocycles. The SMILES string of the molecule is CCNC(c1cccc(F)c1F)C1(OC)CCC(C)CC1. The van der Waals surface area contributed by atoms with Crippen molar-refractivity contribution in [1.29, 1.82) is 0 Å². The Labute approximate surface area is 125 Å². The van der Waals surface area contributed by atoms with Crippen molar-refractivity contribution in [3.63, 3.8) is 0 Å². The Hall–Kier alpha value is -1.00. The van der Waals surface area contributed by atoms with Crippen LogP contribution in [-0.2, 0) is 4.74 Å². The Morgan fingerprint density at radius 1 is 1.33 bits per heavy atom. The smallest absolute Gasteiger partial charge is 0.163 e. The van der Waals surface area contributed by atoms with Crippen molar-refractivity contribution in [2.45, 2.75) is 51.2 Å². The highest BCUT2D eigenvalue weighted by molar-refractivity contribution is 5.26. The highest BCUT2D eigenvalue weighted by Crippen LogP contribution is 2.43. The molecule has 1 atom stereocenters. The van der Waals surface area contributed by atoms with Gasteiger partial charge in [0.05, 0.1) is 11.6 Å². The average molecular weight is 297 g/mol. The fourth-order valence-corrected chi connectivity index (χ4v) is 3.39. The van der Waals surface area contributed by atoms with Crippen LogP contribution in [0.5, 0.6) is 0 Å². The Kier molecular flexibility index (Phi) is 5.33. The molecule has 0 spiro atoms. The molecule has 4 heteroatoms. The van der Waals surface area contributed by atoms with Gasteiger partial charge in [-0.2, -0.15) is 0 Å². The molecule has 21 heavy (non-hydrogen) atoms. The van der Waals surface area contributed by atoms with E-state index in [-0.39, 0.29) is 6.04 Å². The number of hydrogen-bond acceptors (Lipinski definition) is 2. The third-order valence-electron chi connectivity index (χ3n) is 4.75. The van der Waals surface area contributed by atoms with E-state index in [1.54, 1.807) is 19.2 Å². The van der Waals surface area contributed by atoms with Crippen LogP contribution in [0, 0.1) is 17.6 Å². The molecule has 2 nitrogen and oxygen atoms in total. The number of likely N-dealkylation sites (N-methyl/N-ethyl adjacent to an activating group) is 1. The van der Waals surface area contributed by atoms with Crippen LogP contribution in [0.25, 0.3) is 0 Å². The predicted molar refractivity (Wildman–Crippen MR) is 80.1 cm³/mol. The highest BCUT2D eigenvalue weighted by Gasteiger charge is 2.43. The molecule has 0 saturated heterocycles. The number of hydrogen-bond donors (Lipinski definition) is 1.